The van der Waals surface area contributed by atoms with Gasteiger partial charge >= 0.3 is 0 Å². The van der Waals surface area contributed by atoms with Gasteiger partial charge in [-0.3, -0.25) is 0 Å². The van der Waals surface area contributed by atoms with Crippen LogP contribution >= 0.6 is 11.8 Å². The zero-order valence-corrected chi connectivity index (χ0v) is 11.8. The largest absolute Gasteiger partial charge is 0.493 e. The molecular formula is C16H19NOS. The Balaban J connectivity index is 1.45. The Kier molecular flexibility index (Phi) is 4.26. The van der Waals surface area contributed by atoms with E-state index in [1.165, 1.54) is 29.6 Å². The van der Waals surface area contributed by atoms with E-state index in [1.807, 2.05) is 11.8 Å². The van der Waals surface area contributed by atoms with E-state index >= 15 is 0 Å². The molecule has 0 spiro atoms. The molecule has 0 aliphatic carbocycles. The Morgan fingerprint density at radius 2 is 1.95 bits per heavy atom. The predicted octanol–water partition coefficient (Wildman–Crippen LogP) is 3.17. The summed E-state index contributed by atoms with van der Waals surface area (Å²) in [5.41, 5.74) is 0. The Hall–Kier alpha value is -1.19. The summed E-state index contributed by atoms with van der Waals surface area (Å²) in [6, 6.07) is 14.7. The third-order valence-electron chi connectivity index (χ3n) is 3.44. The summed E-state index contributed by atoms with van der Waals surface area (Å²) in [6.07, 6.45) is 0. The fourth-order valence-electron chi connectivity index (χ4n) is 2.19. The summed E-state index contributed by atoms with van der Waals surface area (Å²) < 4.78 is 5.81. The maximum Gasteiger partial charge on any atom is 0.119 e. The van der Waals surface area contributed by atoms with Crippen molar-refractivity contribution in [1.82, 2.24) is 5.32 Å². The highest BCUT2D eigenvalue weighted by atomic mass is 32.2. The van der Waals surface area contributed by atoms with E-state index in [0.29, 0.717) is 0 Å². The van der Waals surface area contributed by atoms with Crippen molar-refractivity contribution in [2.75, 3.05) is 31.2 Å². The van der Waals surface area contributed by atoms with Crippen LogP contribution in [-0.4, -0.2) is 31.2 Å². The van der Waals surface area contributed by atoms with Gasteiger partial charge in [0.1, 0.15) is 5.75 Å². The standard InChI is InChI=1S/C16H19NOS/c1-2-4-15-9-16(6-5-14(15)3-1)18-7-8-19-12-13-10-17-11-13/h1-6,9,13,17H,7-8,10-12H2. The molecule has 0 unspecified atom stereocenters. The van der Waals surface area contributed by atoms with E-state index in [-0.39, 0.29) is 0 Å². The fourth-order valence-corrected chi connectivity index (χ4v) is 3.13. The van der Waals surface area contributed by atoms with Crippen LogP contribution < -0.4 is 10.1 Å². The first-order valence-corrected chi connectivity index (χ1v) is 7.97. The molecule has 0 bridgehead atoms. The molecule has 3 rings (SSSR count). The normalized spacial score (nSPS) is 15.4. The summed E-state index contributed by atoms with van der Waals surface area (Å²) in [7, 11) is 0. The SMILES string of the molecule is c1ccc2cc(OCCSCC3CNC3)ccc2c1. The summed E-state index contributed by atoms with van der Waals surface area (Å²) in [4.78, 5) is 0. The summed E-state index contributed by atoms with van der Waals surface area (Å²) in [6.45, 7) is 3.18. The van der Waals surface area contributed by atoms with Gasteiger partial charge < -0.3 is 10.1 Å². The van der Waals surface area contributed by atoms with Gasteiger partial charge in [0.2, 0.25) is 0 Å². The van der Waals surface area contributed by atoms with E-state index < -0.39 is 0 Å². The van der Waals surface area contributed by atoms with Gasteiger partial charge in [-0.2, -0.15) is 11.8 Å². The second kappa shape index (κ2) is 6.31. The van der Waals surface area contributed by atoms with Crippen LogP contribution in [0.1, 0.15) is 0 Å². The highest BCUT2D eigenvalue weighted by Crippen LogP contribution is 2.21. The van der Waals surface area contributed by atoms with Crippen LogP contribution in [0.2, 0.25) is 0 Å². The summed E-state index contributed by atoms with van der Waals surface area (Å²) in [5, 5.41) is 5.81. The van der Waals surface area contributed by atoms with E-state index in [0.717, 1.165) is 24.0 Å². The molecule has 1 fully saturated rings. The van der Waals surface area contributed by atoms with Crippen LogP contribution in [0.15, 0.2) is 42.5 Å². The zero-order valence-electron chi connectivity index (χ0n) is 11.0. The molecule has 1 heterocycles. The smallest absolute Gasteiger partial charge is 0.119 e. The van der Waals surface area contributed by atoms with Crippen molar-refractivity contribution in [2.24, 2.45) is 5.92 Å². The molecule has 1 aliphatic heterocycles. The molecule has 0 radical (unpaired) electrons. The molecule has 0 saturated carbocycles. The third-order valence-corrected chi connectivity index (χ3v) is 4.60. The molecule has 1 saturated heterocycles. The van der Waals surface area contributed by atoms with E-state index in [9.17, 15) is 0 Å². The average molecular weight is 273 g/mol. The Labute approximate surface area is 118 Å². The Morgan fingerprint density at radius 3 is 2.74 bits per heavy atom. The lowest BCUT2D eigenvalue weighted by atomic mass is 10.1. The minimum absolute atomic E-state index is 0.795. The van der Waals surface area contributed by atoms with E-state index in [4.69, 9.17) is 4.74 Å². The lowest BCUT2D eigenvalue weighted by molar-refractivity contribution is 0.343. The van der Waals surface area contributed by atoms with Crippen molar-refractivity contribution in [3.05, 3.63) is 42.5 Å². The first kappa shape index (κ1) is 12.8. The molecule has 2 aromatic carbocycles. The first-order chi connectivity index (χ1) is 9.42. The molecule has 3 heteroatoms. The molecule has 1 aliphatic rings. The van der Waals surface area contributed by atoms with E-state index in [1.54, 1.807) is 0 Å². The topological polar surface area (TPSA) is 21.3 Å². The summed E-state index contributed by atoms with van der Waals surface area (Å²) >= 11 is 2.00. The minimum atomic E-state index is 0.795. The van der Waals surface area contributed by atoms with Gasteiger partial charge in [0.15, 0.2) is 0 Å². The third kappa shape index (κ3) is 3.43. The molecule has 19 heavy (non-hydrogen) atoms. The van der Waals surface area contributed by atoms with Crippen molar-refractivity contribution in [2.45, 2.75) is 0 Å². The molecular weight excluding hydrogens is 254 g/mol. The van der Waals surface area contributed by atoms with Crippen LogP contribution in [0.5, 0.6) is 5.75 Å². The van der Waals surface area contributed by atoms with Gasteiger partial charge in [-0.15, -0.1) is 0 Å². The lowest BCUT2D eigenvalue weighted by Gasteiger charge is -2.26. The minimum Gasteiger partial charge on any atom is -0.493 e. The number of thioether (sulfide) groups is 1. The highest BCUT2D eigenvalue weighted by molar-refractivity contribution is 7.99. The van der Waals surface area contributed by atoms with Gasteiger partial charge in [0.05, 0.1) is 6.61 Å². The number of ether oxygens (including phenoxy) is 1. The quantitative estimate of drug-likeness (QED) is 0.817. The molecule has 100 valence electrons. The van der Waals surface area contributed by atoms with Gasteiger partial charge in [-0.05, 0) is 47.7 Å². The van der Waals surface area contributed by atoms with Crippen LogP contribution in [0.3, 0.4) is 0 Å². The van der Waals surface area contributed by atoms with Crippen molar-refractivity contribution >= 4 is 22.5 Å². The second-order valence-corrected chi connectivity index (χ2v) is 6.11. The number of nitrogens with one attached hydrogen (secondary N) is 1. The Morgan fingerprint density at radius 1 is 1.11 bits per heavy atom. The monoisotopic (exact) mass is 273 g/mol. The van der Waals surface area contributed by atoms with Gasteiger partial charge in [-0.1, -0.05) is 30.3 Å². The van der Waals surface area contributed by atoms with Gasteiger partial charge in [-0.25, -0.2) is 0 Å². The Bertz CT molecular complexity index is 539. The van der Waals surface area contributed by atoms with Gasteiger partial charge in [0.25, 0.3) is 0 Å². The molecule has 1 N–H and O–H groups in total. The lowest BCUT2D eigenvalue weighted by Crippen LogP contribution is -2.43. The number of rotatable bonds is 6. The maximum atomic E-state index is 5.81. The fraction of sp³-hybridized carbons (Fsp3) is 0.375. The molecule has 0 atom stereocenters. The highest BCUT2D eigenvalue weighted by Gasteiger charge is 2.15. The summed E-state index contributed by atoms with van der Waals surface area (Å²) in [5.74, 6) is 4.19. The van der Waals surface area contributed by atoms with Crippen LogP contribution in [0, 0.1) is 5.92 Å². The van der Waals surface area contributed by atoms with E-state index in [2.05, 4.69) is 47.8 Å². The number of benzene rings is 2. The predicted molar refractivity (Wildman–Crippen MR) is 83.1 cm³/mol. The second-order valence-electron chi connectivity index (χ2n) is 4.96. The molecule has 0 aromatic heterocycles. The average Bonchev–Trinajstić information content (AvgIpc) is 2.40. The van der Waals surface area contributed by atoms with Crippen molar-refractivity contribution < 1.29 is 4.74 Å². The van der Waals surface area contributed by atoms with Crippen LogP contribution in [0.25, 0.3) is 10.8 Å². The van der Waals surface area contributed by atoms with Crippen LogP contribution in [0.4, 0.5) is 0 Å². The number of fused-ring (bicyclic) bond motifs is 1. The molecule has 2 nitrogen and oxygen atoms in total. The van der Waals surface area contributed by atoms with Gasteiger partial charge in [0, 0.05) is 5.75 Å². The van der Waals surface area contributed by atoms with Crippen LogP contribution in [-0.2, 0) is 0 Å². The number of hydrogen-bond acceptors (Lipinski definition) is 3. The molecule has 0 amide bonds. The zero-order chi connectivity index (χ0) is 12.9. The maximum absolute atomic E-state index is 5.81. The van der Waals surface area contributed by atoms with Crippen molar-refractivity contribution in [3.8, 4) is 5.75 Å². The van der Waals surface area contributed by atoms with Crippen molar-refractivity contribution in [3.63, 3.8) is 0 Å². The van der Waals surface area contributed by atoms with Crippen molar-refractivity contribution in [1.29, 1.82) is 0 Å². The molecule has 2 aromatic rings. The first-order valence-electron chi connectivity index (χ1n) is 6.82. The number of hydrogen-bond donors (Lipinski definition) is 1.